The second kappa shape index (κ2) is 10.5. The van der Waals surface area contributed by atoms with E-state index in [1.165, 1.54) is 5.56 Å². The van der Waals surface area contributed by atoms with Gasteiger partial charge < -0.3 is 15.0 Å². The number of hydrogen-bond donors (Lipinski definition) is 1. The molecular formula is C25H35N3O2. The Kier molecular flexibility index (Phi) is 7.75. The molecule has 0 unspecified atom stereocenters. The molecule has 0 radical (unpaired) electrons. The summed E-state index contributed by atoms with van der Waals surface area (Å²) in [6.07, 6.45) is 1.09. The molecule has 0 bridgehead atoms. The highest BCUT2D eigenvalue weighted by atomic mass is 16.5. The lowest BCUT2D eigenvalue weighted by atomic mass is 10.00. The molecule has 1 aliphatic rings. The Morgan fingerprint density at radius 2 is 1.67 bits per heavy atom. The summed E-state index contributed by atoms with van der Waals surface area (Å²) in [5.41, 5.74) is 3.62. The lowest BCUT2D eigenvalue weighted by molar-refractivity contribution is -0.123. The first kappa shape index (κ1) is 22.2. The summed E-state index contributed by atoms with van der Waals surface area (Å²) in [4.78, 5) is 17.1. The summed E-state index contributed by atoms with van der Waals surface area (Å²) >= 11 is 0. The van der Waals surface area contributed by atoms with Gasteiger partial charge in [-0.15, -0.1) is 0 Å². The first-order chi connectivity index (χ1) is 14.5. The molecular weight excluding hydrogens is 374 g/mol. The minimum absolute atomic E-state index is 0.0143. The van der Waals surface area contributed by atoms with Crippen LogP contribution in [0, 0.1) is 5.92 Å². The zero-order valence-electron chi connectivity index (χ0n) is 18.7. The molecule has 1 fully saturated rings. The van der Waals surface area contributed by atoms with Crippen molar-refractivity contribution in [3.05, 3.63) is 59.7 Å². The Labute approximate surface area is 181 Å². The van der Waals surface area contributed by atoms with Crippen LogP contribution in [0.25, 0.3) is 0 Å². The van der Waals surface area contributed by atoms with E-state index in [-0.39, 0.29) is 11.9 Å². The molecule has 1 aliphatic heterocycles. The van der Waals surface area contributed by atoms with Gasteiger partial charge in [0.2, 0.25) is 5.91 Å². The van der Waals surface area contributed by atoms with E-state index in [0.29, 0.717) is 12.5 Å². The Bertz CT molecular complexity index is 811. The Hall–Kier alpha value is -2.53. The monoisotopic (exact) mass is 409 g/mol. The van der Waals surface area contributed by atoms with E-state index in [1.807, 2.05) is 18.2 Å². The van der Waals surface area contributed by atoms with Crippen molar-refractivity contribution in [2.45, 2.75) is 33.2 Å². The van der Waals surface area contributed by atoms with Gasteiger partial charge in [-0.2, -0.15) is 0 Å². The van der Waals surface area contributed by atoms with Gasteiger partial charge >= 0.3 is 0 Å². The number of hydrogen-bond acceptors (Lipinski definition) is 4. The maximum atomic E-state index is 12.6. The average Bonchev–Trinajstić information content (AvgIpc) is 2.74. The van der Waals surface area contributed by atoms with Crippen molar-refractivity contribution in [3.63, 3.8) is 0 Å². The minimum Gasteiger partial charge on any atom is -0.495 e. The highest BCUT2D eigenvalue weighted by Gasteiger charge is 2.21. The second-order valence-corrected chi connectivity index (χ2v) is 8.56. The molecule has 5 nitrogen and oxygen atoms in total. The van der Waals surface area contributed by atoms with Crippen molar-refractivity contribution in [3.8, 4) is 5.75 Å². The zero-order chi connectivity index (χ0) is 21.5. The predicted molar refractivity (Wildman–Crippen MR) is 123 cm³/mol. The van der Waals surface area contributed by atoms with Crippen molar-refractivity contribution in [2.24, 2.45) is 5.92 Å². The highest BCUT2D eigenvalue weighted by Crippen LogP contribution is 2.28. The maximum Gasteiger partial charge on any atom is 0.234 e. The number of carbonyl (C=O) groups excluding carboxylic acids is 1. The third-order valence-corrected chi connectivity index (χ3v) is 5.67. The Balaban J connectivity index is 1.46. The number of para-hydroxylation sites is 2. The fraction of sp³-hybridized carbons (Fsp3) is 0.480. The molecule has 0 saturated carbocycles. The van der Waals surface area contributed by atoms with Gasteiger partial charge in [0.25, 0.3) is 0 Å². The summed E-state index contributed by atoms with van der Waals surface area (Å²) in [5.74, 6) is 1.63. The normalized spacial score (nSPS) is 15.8. The molecule has 3 rings (SSSR count). The largest absolute Gasteiger partial charge is 0.495 e. The van der Waals surface area contributed by atoms with Crippen molar-refractivity contribution in [2.75, 3.05) is 44.7 Å². The summed E-state index contributed by atoms with van der Waals surface area (Å²) in [6, 6.07) is 16.7. The van der Waals surface area contributed by atoms with E-state index >= 15 is 0 Å². The van der Waals surface area contributed by atoms with Crippen LogP contribution in [0.4, 0.5) is 5.69 Å². The van der Waals surface area contributed by atoms with Crippen LogP contribution in [0.3, 0.4) is 0 Å². The van der Waals surface area contributed by atoms with Gasteiger partial charge in [0.1, 0.15) is 5.75 Å². The molecule has 0 spiro atoms. The third-order valence-electron chi connectivity index (χ3n) is 5.67. The predicted octanol–water partition coefficient (Wildman–Crippen LogP) is 3.89. The number of nitrogens with one attached hydrogen (secondary N) is 1. The number of rotatable bonds is 8. The number of benzene rings is 2. The van der Waals surface area contributed by atoms with Gasteiger partial charge in [-0.1, -0.05) is 50.2 Å². The lowest BCUT2D eigenvalue weighted by Gasteiger charge is -2.36. The van der Waals surface area contributed by atoms with Gasteiger partial charge in [-0.25, -0.2) is 0 Å². The number of nitrogens with zero attached hydrogens (tertiary/aromatic N) is 2. The number of amides is 1. The number of piperazine rings is 1. The van der Waals surface area contributed by atoms with Crippen molar-refractivity contribution in [1.29, 1.82) is 0 Å². The lowest BCUT2D eigenvalue weighted by Crippen LogP contribution is -2.49. The highest BCUT2D eigenvalue weighted by molar-refractivity contribution is 5.78. The zero-order valence-corrected chi connectivity index (χ0v) is 18.7. The molecule has 0 aromatic heterocycles. The molecule has 1 heterocycles. The van der Waals surface area contributed by atoms with E-state index in [4.69, 9.17) is 4.74 Å². The maximum absolute atomic E-state index is 12.6. The molecule has 162 valence electrons. The number of ether oxygens (including phenoxy) is 1. The summed E-state index contributed by atoms with van der Waals surface area (Å²) in [6.45, 7) is 10.5. The van der Waals surface area contributed by atoms with Gasteiger partial charge in [-0.3, -0.25) is 9.69 Å². The summed E-state index contributed by atoms with van der Waals surface area (Å²) in [7, 11) is 1.71. The van der Waals surface area contributed by atoms with E-state index in [2.05, 4.69) is 66.2 Å². The Morgan fingerprint density at radius 1 is 1.00 bits per heavy atom. The SMILES string of the molecule is COc1ccccc1N1CCN(CC(=O)N[C@H](C)c2ccc(CC(C)C)cc2)CC1. The van der Waals surface area contributed by atoms with E-state index in [1.54, 1.807) is 7.11 Å². The molecule has 1 N–H and O–H groups in total. The first-order valence-corrected chi connectivity index (χ1v) is 10.9. The number of carbonyl (C=O) groups is 1. The quantitative estimate of drug-likeness (QED) is 0.718. The fourth-order valence-electron chi connectivity index (χ4n) is 4.03. The van der Waals surface area contributed by atoms with Gasteiger partial charge in [0, 0.05) is 26.2 Å². The topological polar surface area (TPSA) is 44.8 Å². The van der Waals surface area contributed by atoms with E-state index in [0.717, 1.165) is 49.6 Å². The van der Waals surface area contributed by atoms with Crippen molar-refractivity contribution >= 4 is 11.6 Å². The summed E-state index contributed by atoms with van der Waals surface area (Å²) < 4.78 is 5.48. The van der Waals surface area contributed by atoms with Crippen LogP contribution in [0.2, 0.25) is 0 Å². The van der Waals surface area contributed by atoms with Crippen LogP contribution < -0.4 is 15.0 Å². The van der Waals surface area contributed by atoms with Gasteiger partial charge in [0.15, 0.2) is 0 Å². The van der Waals surface area contributed by atoms with Crippen LogP contribution >= 0.6 is 0 Å². The second-order valence-electron chi connectivity index (χ2n) is 8.56. The molecule has 2 aromatic carbocycles. The van der Waals surface area contributed by atoms with Crippen LogP contribution in [0.15, 0.2) is 48.5 Å². The first-order valence-electron chi connectivity index (χ1n) is 10.9. The van der Waals surface area contributed by atoms with Crippen molar-refractivity contribution in [1.82, 2.24) is 10.2 Å². The summed E-state index contributed by atoms with van der Waals surface area (Å²) in [5, 5.41) is 3.15. The molecule has 1 amide bonds. The van der Waals surface area contributed by atoms with Gasteiger partial charge in [0.05, 0.1) is 25.4 Å². The molecule has 2 aromatic rings. The smallest absolute Gasteiger partial charge is 0.234 e. The van der Waals surface area contributed by atoms with Crippen LogP contribution in [0.5, 0.6) is 5.75 Å². The standard InChI is InChI=1S/C25H35N3O2/c1-19(2)17-21-9-11-22(12-10-21)20(3)26-25(29)18-27-13-15-28(16-14-27)23-7-5-6-8-24(23)30-4/h5-12,19-20H,13-18H2,1-4H3,(H,26,29)/t20-/m1/s1. The van der Waals surface area contributed by atoms with E-state index < -0.39 is 0 Å². The fourth-order valence-corrected chi connectivity index (χ4v) is 4.03. The van der Waals surface area contributed by atoms with Crippen LogP contribution in [0.1, 0.15) is 37.9 Å². The van der Waals surface area contributed by atoms with Crippen molar-refractivity contribution < 1.29 is 9.53 Å². The Morgan fingerprint density at radius 3 is 2.30 bits per heavy atom. The number of methoxy groups -OCH3 is 1. The number of anilines is 1. The minimum atomic E-state index is 0.0143. The molecule has 1 atom stereocenters. The average molecular weight is 410 g/mol. The third kappa shape index (κ3) is 5.99. The molecule has 30 heavy (non-hydrogen) atoms. The van der Waals surface area contributed by atoms with Crippen LogP contribution in [-0.2, 0) is 11.2 Å². The van der Waals surface area contributed by atoms with E-state index in [9.17, 15) is 4.79 Å². The van der Waals surface area contributed by atoms with Gasteiger partial charge in [-0.05, 0) is 42.5 Å². The molecule has 1 saturated heterocycles. The molecule has 0 aliphatic carbocycles. The molecule has 5 heteroatoms. The van der Waals surface area contributed by atoms with Crippen LogP contribution in [-0.4, -0.2) is 50.6 Å².